The minimum absolute atomic E-state index is 0.0442. The SMILES string of the molecule is C[C@@H](OC(=O)[C@@H]1CC(=O)N(c2ccccc2F)C1)C(=O)NC(=O)NC(C)(C)C. The quantitative estimate of drug-likeness (QED) is 0.758. The maximum Gasteiger partial charge on any atom is 0.321 e. The molecule has 0 aliphatic carbocycles. The Hall–Kier alpha value is -2.97. The van der Waals surface area contributed by atoms with Crippen molar-refractivity contribution in [1.82, 2.24) is 10.6 Å². The van der Waals surface area contributed by atoms with Crippen LogP contribution in [0.25, 0.3) is 0 Å². The monoisotopic (exact) mass is 393 g/mol. The summed E-state index contributed by atoms with van der Waals surface area (Å²) in [6, 6.07) is 5.06. The van der Waals surface area contributed by atoms with Crippen LogP contribution < -0.4 is 15.5 Å². The summed E-state index contributed by atoms with van der Waals surface area (Å²) in [7, 11) is 0. The highest BCUT2D eigenvalue weighted by atomic mass is 19.1. The first-order valence-corrected chi connectivity index (χ1v) is 8.86. The van der Waals surface area contributed by atoms with Crippen molar-refractivity contribution in [2.75, 3.05) is 11.4 Å². The first-order chi connectivity index (χ1) is 13.0. The van der Waals surface area contributed by atoms with E-state index in [-0.39, 0.29) is 18.7 Å². The Balaban J connectivity index is 1.92. The summed E-state index contributed by atoms with van der Waals surface area (Å²) in [4.78, 5) is 49.4. The lowest BCUT2D eigenvalue weighted by molar-refractivity contribution is -0.158. The number of carbonyl (C=O) groups is 4. The van der Waals surface area contributed by atoms with Crippen LogP contribution in [0.3, 0.4) is 0 Å². The topological polar surface area (TPSA) is 105 Å². The van der Waals surface area contributed by atoms with Gasteiger partial charge < -0.3 is 15.0 Å². The van der Waals surface area contributed by atoms with Crippen LogP contribution in [0.2, 0.25) is 0 Å². The largest absolute Gasteiger partial charge is 0.452 e. The maximum absolute atomic E-state index is 13.9. The first kappa shape index (κ1) is 21.3. The highest BCUT2D eigenvalue weighted by Gasteiger charge is 2.38. The predicted molar refractivity (Wildman–Crippen MR) is 98.8 cm³/mol. The van der Waals surface area contributed by atoms with E-state index in [0.717, 1.165) is 0 Å². The Morgan fingerprint density at radius 3 is 2.50 bits per heavy atom. The van der Waals surface area contributed by atoms with Crippen molar-refractivity contribution < 1.29 is 28.3 Å². The molecule has 0 aromatic heterocycles. The molecule has 152 valence electrons. The second-order valence-electron chi connectivity index (χ2n) is 7.63. The second kappa shape index (κ2) is 8.37. The number of urea groups is 1. The van der Waals surface area contributed by atoms with Crippen molar-refractivity contribution in [2.45, 2.75) is 45.8 Å². The summed E-state index contributed by atoms with van der Waals surface area (Å²) in [5.41, 5.74) is -0.447. The molecule has 0 spiro atoms. The molecule has 1 fully saturated rings. The molecule has 1 saturated heterocycles. The number of halogens is 1. The van der Waals surface area contributed by atoms with Gasteiger partial charge in [-0.2, -0.15) is 0 Å². The molecular formula is C19H24FN3O5. The molecule has 2 rings (SSSR count). The number of anilines is 1. The van der Waals surface area contributed by atoms with Crippen LogP contribution in [0.4, 0.5) is 14.9 Å². The summed E-state index contributed by atoms with van der Waals surface area (Å²) in [6.07, 6.45) is -1.37. The zero-order chi connectivity index (χ0) is 21.1. The smallest absolute Gasteiger partial charge is 0.321 e. The van der Waals surface area contributed by atoms with Crippen LogP contribution in [0, 0.1) is 11.7 Å². The molecule has 0 saturated carbocycles. The molecule has 28 heavy (non-hydrogen) atoms. The van der Waals surface area contributed by atoms with Crippen LogP contribution in [0.15, 0.2) is 24.3 Å². The number of esters is 1. The van der Waals surface area contributed by atoms with Crippen LogP contribution in [-0.2, 0) is 19.1 Å². The van der Waals surface area contributed by atoms with Crippen LogP contribution >= 0.6 is 0 Å². The summed E-state index contributed by atoms with van der Waals surface area (Å²) in [5, 5.41) is 4.64. The molecule has 1 aliphatic heterocycles. The molecule has 9 heteroatoms. The van der Waals surface area contributed by atoms with Gasteiger partial charge in [0.05, 0.1) is 11.6 Å². The number of hydrogen-bond donors (Lipinski definition) is 2. The standard InChI is InChI=1S/C19H24FN3O5/c1-11(16(25)21-18(27)22-19(2,3)4)28-17(26)12-9-15(24)23(10-12)14-8-6-5-7-13(14)20/h5-8,11-12H,9-10H2,1-4H3,(H2,21,22,25,27)/t11-,12-/m1/s1. The van der Waals surface area contributed by atoms with Gasteiger partial charge in [0.15, 0.2) is 6.10 Å². The summed E-state index contributed by atoms with van der Waals surface area (Å²) < 4.78 is 19.0. The van der Waals surface area contributed by atoms with Crippen molar-refractivity contribution in [2.24, 2.45) is 5.92 Å². The maximum atomic E-state index is 13.9. The van der Waals surface area contributed by atoms with E-state index in [1.807, 2.05) is 0 Å². The Labute approximate surface area is 162 Å². The van der Waals surface area contributed by atoms with Gasteiger partial charge >= 0.3 is 12.0 Å². The summed E-state index contributed by atoms with van der Waals surface area (Å²) in [5.74, 6) is -3.35. The average Bonchev–Trinajstić information content (AvgIpc) is 2.95. The number of hydrogen-bond acceptors (Lipinski definition) is 5. The third-order valence-corrected chi connectivity index (χ3v) is 3.99. The van der Waals surface area contributed by atoms with E-state index < -0.39 is 47.2 Å². The number of ether oxygens (including phenoxy) is 1. The number of rotatable bonds is 4. The Bertz CT molecular complexity index is 790. The van der Waals surface area contributed by atoms with E-state index in [4.69, 9.17) is 4.74 Å². The van der Waals surface area contributed by atoms with E-state index in [0.29, 0.717) is 0 Å². The number of para-hydroxylation sites is 1. The van der Waals surface area contributed by atoms with Gasteiger partial charge in [-0.1, -0.05) is 12.1 Å². The van der Waals surface area contributed by atoms with Gasteiger partial charge in [0.2, 0.25) is 5.91 Å². The highest BCUT2D eigenvalue weighted by Crippen LogP contribution is 2.28. The van der Waals surface area contributed by atoms with Crippen molar-refractivity contribution in [3.05, 3.63) is 30.1 Å². The lowest BCUT2D eigenvalue weighted by atomic mass is 10.1. The predicted octanol–water partition coefficient (Wildman–Crippen LogP) is 1.73. The normalized spacial score (nSPS) is 17.8. The third kappa shape index (κ3) is 5.51. The molecule has 0 unspecified atom stereocenters. The van der Waals surface area contributed by atoms with Gasteiger partial charge in [0.1, 0.15) is 5.82 Å². The van der Waals surface area contributed by atoms with E-state index in [1.165, 1.54) is 30.0 Å². The molecule has 1 aromatic carbocycles. The highest BCUT2D eigenvalue weighted by molar-refractivity contribution is 6.00. The lowest BCUT2D eigenvalue weighted by Gasteiger charge is -2.21. The zero-order valence-electron chi connectivity index (χ0n) is 16.2. The minimum atomic E-state index is -1.23. The zero-order valence-corrected chi connectivity index (χ0v) is 16.2. The molecule has 0 bridgehead atoms. The molecule has 2 N–H and O–H groups in total. The summed E-state index contributed by atoms with van der Waals surface area (Å²) >= 11 is 0. The molecule has 0 radical (unpaired) electrons. The first-order valence-electron chi connectivity index (χ1n) is 8.86. The minimum Gasteiger partial charge on any atom is -0.452 e. The lowest BCUT2D eigenvalue weighted by Crippen LogP contribution is -2.50. The number of nitrogens with one attached hydrogen (secondary N) is 2. The van der Waals surface area contributed by atoms with E-state index in [1.54, 1.807) is 26.8 Å². The fourth-order valence-corrected chi connectivity index (χ4v) is 2.68. The van der Waals surface area contributed by atoms with E-state index >= 15 is 0 Å². The van der Waals surface area contributed by atoms with E-state index in [2.05, 4.69) is 10.6 Å². The van der Waals surface area contributed by atoms with Crippen LogP contribution in [-0.4, -0.2) is 42.0 Å². The molecule has 2 atom stereocenters. The fourth-order valence-electron chi connectivity index (χ4n) is 2.68. The van der Waals surface area contributed by atoms with Crippen molar-refractivity contribution in [3.8, 4) is 0 Å². The third-order valence-electron chi connectivity index (χ3n) is 3.99. The average molecular weight is 393 g/mol. The van der Waals surface area contributed by atoms with Crippen molar-refractivity contribution >= 4 is 29.5 Å². The van der Waals surface area contributed by atoms with E-state index in [9.17, 15) is 23.6 Å². The van der Waals surface area contributed by atoms with Gasteiger partial charge in [-0.25, -0.2) is 9.18 Å². The molecule has 1 heterocycles. The van der Waals surface area contributed by atoms with Crippen molar-refractivity contribution in [3.63, 3.8) is 0 Å². The van der Waals surface area contributed by atoms with Gasteiger partial charge in [-0.05, 0) is 39.8 Å². The number of nitrogens with zero attached hydrogens (tertiary/aromatic N) is 1. The van der Waals surface area contributed by atoms with Gasteiger partial charge in [-0.15, -0.1) is 0 Å². The number of benzene rings is 1. The molecule has 1 aromatic rings. The Morgan fingerprint density at radius 1 is 1.25 bits per heavy atom. The molecule has 1 aliphatic rings. The number of imide groups is 1. The Kier molecular flexibility index (Phi) is 6.37. The van der Waals surface area contributed by atoms with Gasteiger partial charge in [0.25, 0.3) is 5.91 Å². The van der Waals surface area contributed by atoms with Crippen LogP contribution in [0.5, 0.6) is 0 Å². The van der Waals surface area contributed by atoms with Gasteiger partial charge in [0, 0.05) is 18.5 Å². The number of carbonyl (C=O) groups excluding carboxylic acids is 4. The molecule has 4 amide bonds. The van der Waals surface area contributed by atoms with Gasteiger partial charge in [-0.3, -0.25) is 19.7 Å². The summed E-state index contributed by atoms with van der Waals surface area (Å²) in [6.45, 7) is 6.53. The second-order valence-corrected chi connectivity index (χ2v) is 7.63. The molecular weight excluding hydrogens is 369 g/mol. The number of amides is 4. The Morgan fingerprint density at radius 2 is 1.89 bits per heavy atom. The van der Waals surface area contributed by atoms with Crippen LogP contribution in [0.1, 0.15) is 34.1 Å². The molecule has 8 nitrogen and oxygen atoms in total. The van der Waals surface area contributed by atoms with Crippen molar-refractivity contribution in [1.29, 1.82) is 0 Å². The fraction of sp³-hybridized carbons (Fsp3) is 0.474.